The van der Waals surface area contributed by atoms with Crippen LogP contribution < -0.4 is 11.2 Å². The van der Waals surface area contributed by atoms with E-state index in [1.54, 1.807) is 12.1 Å². The van der Waals surface area contributed by atoms with Gasteiger partial charge in [-0.05, 0) is 36.1 Å². The maximum Gasteiger partial charge on any atom is 0.234 e. The number of nitrogen functional groups attached to an aromatic ring is 1. The average molecular weight is 380 g/mol. The molecule has 0 radical (unpaired) electrons. The minimum Gasteiger partial charge on any atom is -0.335 e. The summed E-state index contributed by atoms with van der Waals surface area (Å²) in [4.78, 5) is 13.1. The fourth-order valence-corrected chi connectivity index (χ4v) is 3.53. The van der Waals surface area contributed by atoms with Crippen LogP contribution in [-0.2, 0) is 4.79 Å². The van der Waals surface area contributed by atoms with Crippen LogP contribution in [0.3, 0.4) is 0 Å². The van der Waals surface area contributed by atoms with Crippen molar-refractivity contribution in [2.45, 2.75) is 12.1 Å². The zero-order chi connectivity index (χ0) is 17.1. The van der Waals surface area contributed by atoms with Crippen LogP contribution in [0, 0.1) is 6.92 Å². The largest absolute Gasteiger partial charge is 0.335 e. The van der Waals surface area contributed by atoms with Gasteiger partial charge in [0.05, 0.1) is 10.6 Å². The summed E-state index contributed by atoms with van der Waals surface area (Å²) in [5, 5.41) is 13.9. The van der Waals surface area contributed by atoms with Gasteiger partial charge in [0.25, 0.3) is 0 Å². The van der Waals surface area contributed by atoms with Crippen molar-refractivity contribution in [3.8, 4) is 10.7 Å². The Bertz CT molecular complexity index is 863. The summed E-state index contributed by atoms with van der Waals surface area (Å²) in [7, 11) is 0. The Hall–Kier alpha value is -2.03. The maximum absolute atomic E-state index is 12.1. The molecule has 0 bridgehead atoms. The van der Waals surface area contributed by atoms with Crippen molar-refractivity contribution in [2.24, 2.45) is 0 Å². The summed E-state index contributed by atoms with van der Waals surface area (Å²) in [5.74, 6) is 6.60. The molecule has 3 N–H and O–H groups in total. The van der Waals surface area contributed by atoms with Gasteiger partial charge in [0, 0.05) is 10.7 Å². The van der Waals surface area contributed by atoms with Gasteiger partial charge in [-0.2, -0.15) is 0 Å². The Morgan fingerprint density at radius 3 is 3.00 bits per heavy atom. The van der Waals surface area contributed by atoms with Crippen molar-refractivity contribution in [3.05, 3.63) is 46.3 Å². The molecule has 0 aliphatic rings. The van der Waals surface area contributed by atoms with E-state index in [2.05, 4.69) is 15.5 Å². The molecule has 3 rings (SSSR count). The van der Waals surface area contributed by atoms with Crippen molar-refractivity contribution in [3.63, 3.8) is 0 Å². The maximum atomic E-state index is 12.1. The number of benzene rings is 1. The number of thiophene rings is 1. The van der Waals surface area contributed by atoms with Gasteiger partial charge >= 0.3 is 0 Å². The predicted octanol–water partition coefficient (Wildman–Crippen LogP) is 3.41. The second-order valence-electron chi connectivity index (χ2n) is 4.95. The second-order valence-corrected chi connectivity index (χ2v) is 7.28. The van der Waals surface area contributed by atoms with Gasteiger partial charge in [0.15, 0.2) is 5.82 Å². The number of nitrogens with one attached hydrogen (secondary N) is 1. The van der Waals surface area contributed by atoms with Crippen LogP contribution in [0.4, 0.5) is 5.69 Å². The number of amides is 1. The van der Waals surface area contributed by atoms with E-state index >= 15 is 0 Å². The van der Waals surface area contributed by atoms with Gasteiger partial charge in [0.2, 0.25) is 11.1 Å². The first-order valence-corrected chi connectivity index (χ1v) is 9.22. The molecule has 6 nitrogen and oxygen atoms in total. The van der Waals surface area contributed by atoms with Gasteiger partial charge in [-0.15, -0.1) is 21.5 Å². The van der Waals surface area contributed by atoms with E-state index in [0.717, 1.165) is 10.4 Å². The summed E-state index contributed by atoms with van der Waals surface area (Å²) in [5.41, 5.74) is 1.64. The number of rotatable bonds is 5. The normalized spacial score (nSPS) is 10.8. The molecular weight excluding hydrogens is 366 g/mol. The lowest BCUT2D eigenvalue weighted by atomic mass is 10.2. The summed E-state index contributed by atoms with van der Waals surface area (Å²) in [6.45, 7) is 1.91. The van der Waals surface area contributed by atoms with Crippen LogP contribution in [0.5, 0.6) is 0 Å². The number of nitrogens with zero attached hydrogens (tertiary/aromatic N) is 3. The standard InChI is InChI=1S/C15H14ClN5OS2/c1-9-4-5-10(16)7-11(9)18-13(22)8-24-15-20-19-14(21(15)17)12-3-2-6-23-12/h2-7H,8,17H2,1H3,(H,18,22). The van der Waals surface area contributed by atoms with Crippen LogP contribution in [0.25, 0.3) is 10.7 Å². The number of nitrogens with two attached hydrogens (primary N) is 1. The first-order chi connectivity index (χ1) is 11.5. The third-order valence-corrected chi connectivity index (χ3v) is 5.26. The molecule has 2 aromatic heterocycles. The molecule has 124 valence electrons. The Balaban J connectivity index is 1.64. The summed E-state index contributed by atoms with van der Waals surface area (Å²) in [6.07, 6.45) is 0. The molecule has 0 fully saturated rings. The van der Waals surface area contributed by atoms with Crippen LogP contribution in [0.2, 0.25) is 5.02 Å². The van der Waals surface area contributed by atoms with Gasteiger partial charge in [-0.3, -0.25) is 4.79 Å². The third kappa shape index (κ3) is 3.72. The highest BCUT2D eigenvalue weighted by Gasteiger charge is 2.14. The summed E-state index contributed by atoms with van der Waals surface area (Å²) < 4.78 is 1.40. The van der Waals surface area contributed by atoms with Gasteiger partial charge in [-0.25, -0.2) is 4.68 Å². The number of thioether (sulfide) groups is 1. The fraction of sp³-hybridized carbons (Fsp3) is 0.133. The molecule has 3 aromatic rings. The molecule has 0 spiro atoms. The van der Waals surface area contributed by atoms with E-state index in [1.165, 1.54) is 27.8 Å². The second kappa shape index (κ2) is 7.25. The Labute approximate surface area is 152 Å². The first-order valence-electron chi connectivity index (χ1n) is 6.98. The number of aryl methyl sites for hydroxylation is 1. The van der Waals surface area contributed by atoms with Crippen LogP contribution in [0.15, 0.2) is 40.9 Å². The molecule has 24 heavy (non-hydrogen) atoms. The molecule has 1 aromatic carbocycles. The van der Waals surface area contributed by atoms with E-state index in [9.17, 15) is 4.79 Å². The highest BCUT2D eigenvalue weighted by Crippen LogP contribution is 2.25. The fourth-order valence-electron chi connectivity index (χ4n) is 1.99. The van der Waals surface area contributed by atoms with Gasteiger partial charge in [0.1, 0.15) is 0 Å². The topological polar surface area (TPSA) is 85.8 Å². The Morgan fingerprint density at radius 2 is 2.25 bits per heavy atom. The third-order valence-electron chi connectivity index (χ3n) is 3.21. The Morgan fingerprint density at radius 1 is 1.42 bits per heavy atom. The number of hydrogen-bond acceptors (Lipinski definition) is 6. The minimum atomic E-state index is -0.161. The lowest BCUT2D eigenvalue weighted by Crippen LogP contribution is -2.16. The number of hydrogen-bond donors (Lipinski definition) is 2. The van der Waals surface area contributed by atoms with E-state index in [-0.39, 0.29) is 11.7 Å². The molecule has 1 amide bonds. The van der Waals surface area contributed by atoms with Crippen LogP contribution in [0.1, 0.15) is 5.56 Å². The SMILES string of the molecule is Cc1ccc(Cl)cc1NC(=O)CSc1nnc(-c2cccs2)n1N. The molecule has 9 heteroatoms. The van der Waals surface area contributed by atoms with Crippen molar-refractivity contribution in [1.29, 1.82) is 0 Å². The monoisotopic (exact) mass is 379 g/mol. The van der Waals surface area contributed by atoms with Crippen LogP contribution >= 0.6 is 34.7 Å². The molecule has 0 unspecified atom stereocenters. The first kappa shape index (κ1) is 16.8. The quantitative estimate of drug-likeness (QED) is 0.524. The van der Waals surface area contributed by atoms with Crippen molar-refractivity contribution >= 4 is 46.3 Å². The number of aromatic nitrogens is 3. The lowest BCUT2D eigenvalue weighted by molar-refractivity contribution is -0.113. The smallest absolute Gasteiger partial charge is 0.234 e. The molecule has 0 saturated heterocycles. The Kier molecular flexibility index (Phi) is 5.08. The summed E-state index contributed by atoms with van der Waals surface area (Å²) >= 11 is 8.71. The van der Waals surface area contributed by atoms with Crippen molar-refractivity contribution < 1.29 is 4.79 Å². The minimum absolute atomic E-state index is 0.161. The number of halogens is 1. The van der Waals surface area contributed by atoms with Gasteiger partial charge < -0.3 is 11.2 Å². The number of carbonyl (C=O) groups is 1. The number of carbonyl (C=O) groups excluding carboxylic acids is 1. The van der Waals surface area contributed by atoms with Gasteiger partial charge in [-0.1, -0.05) is 35.5 Å². The zero-order valence-corrected chi connectivity index (χ0v) is 15.1. The van der Waals surface area contributed by atoms with Crippen molar-refractivity contribution in [1.82, 2.24) is 14.9 Å². The summed E-state index contributed by atoms with van der Waals surface area (Å²) in [6, 6.07) is 9.20. The predicted molar refractivity (Wildman–Crippen MR) is 99.0 cm³/mol. The lowest BCUT2D eigenvalue weighted by Gasteiger charge is -2.08. The molecule has 2 heterocycles. The molecule has 0 aliphatic carbocycles. The highest BCUT2D eigenvalue weighted by molar-refractivity contribution is 7.99. The molecular formula is C15H14ClN5OS2. The van der Waals surface area contributed by atoms with E-state index in [1.807, 2.05) is 30.5 Å². The van der Waals surface area contributed by atoms with E-state index < -0.39 is 0 Å². The zero-order valence-electron chi connectivity index (χ0n) is 12.7. The van der Waals surface area contributed by atoms with Crippen LogP contribution in [-0.4, -0.2) is 26.5 Å². The van der Waals surface area contributed by atoms with Crippen molar-refractivity contribution in [2.75, 3.05) is 16.9 Å². The number of anilines is 1. The molecule has 0 saturated carbocycles. The van der Waals surface area contributed by atoms with E-state index in [0.29, 0.717) is 21.7 Å². The highest BCUT2D eigenvalue weighted by atomic mass is 35.5. The molecule has 0 atom stereocenters. The average Bonchev–Trinajstić information content (AvgIpc) is 3.18. The molecule has 0 aliphatic heterocycles. The van der Waals surface area contributed by atoms with E-state index in [4.69, 9.17) is 17.4 Å².